The van der Waals surface area contributed by atoms with Crippen LogP contribution in [0.4, 0.5) is 23.4 Å². The molecule has 0 bridgehead atoms. The first-order valence-electron chi connectivity index (χ1n) is 10.5. The summed E-state index contributed by atoms with van der Waals surface area (Å²) in [4.78, 5) is 26.1. The standard InChI is InChI=1S/C23H23F4N5O3/c1-2-31(21(34)15-6-4-3-5-7-15)14-22(35,23(25,26)27)13-29-20(33)18-12-30-32(19(18)28)17-10-8-16(24)9-11-17/h3-12,35H,2,13-14,28H2,1H3,(H,29,33). The van der Waals surface area contributed by atoms with Gasteiger partial charge in [0.25, 0.3) is 11.8 Å². The molecule has 1 atom stereocenters. The van der Waals surface area contributed by atoms with Gasteiger partial charge in [-0.15, -0.1) is 0 Å². The molecule has 0 fully saturated rings. The molecule has 1 aromatic heterocycles. The molecule has 3 rings (SSSR count). The molecule has 35 heavy (non-hydrogen) atoms. The molecule has 1 heterocycles. The van der Waals surface area contributed by atoms with Crippen molar-refractivity contribution in [1.82, 2.24) is 20.0 Å². The molecule has 0 radical (unpaired) electrons. The zero-order chi connectivity index (χ0) is 25.8. The van der Waals surface area contributed by atoms with Crippen LogP contribution in [0.5, 0.6) is 0 Å². The van der Waals surface area contributed by atoms with Gasteiger partial charge < -0.3 is 21.1 Å². The van der Waals surface area contributed by atoms with E-state index in [0.29, 0.717) is 5.69 Å². The molecule has 0 aliphatic rings. The fourth-order valence-electron chi connectivity index (χ4n) is 3.29. The second-order valence-corrected chi connectivity index (χ2v) is 7.73. The van der Waals surface area contributed by atoms with Crippen molar-refractivity contribution >= 4 is 17.6 Å². The summed E-state index contributed by atoms with van der Waals surface area (Å²) in [6, 6.07) is 12.7. The molecule has 0 aliphatic heterocycles. The molecule has 2 amide bonds. The maximum absolute atomic E-state index is 13.8. The van der Waals surface area contributed by atoms with Gasteiger partial charge in [0.05, 0.1) is 25.0 Å². The van der Waals surface area contributed by atoms with E-state index < -0.39 is 42.5 Å². The lowest BCUT2D eigenvalue weighted by atomic mass is 10.0. The van der Waals surface area contributed by atoms with E-state index in [9.17, 15) is 32.3 Å². The molecule has 186 valence electrons. The number of anilines is 1. The summed E-state index contributed by atoms with van der Waals surface area (Å²) in [6.45, 7) is -0.987. The zero-order valence-corrected chi connectivity index (χ0v) is 18.6. The summed E-state index contributed by atoms with van der Waals surface area (Å²) in [7, 11) is 0. The highest BCUT2D eigenvalue weighted by molar-refractivity contribution is 5.98. The Morgan fingerprint density at radius 3 is 2.31 bits per heavy atom. The van der Waals surface area contributed by atoms with Crippen LogP contribution in [0.25, 0.3) is 5.69 Å². The number of aromatic nitrogens is 2. The second kappa shape index (κ2) is 10.1. The average Bonchev–Trinajstić information content (AvgIpc) is 3.22. The number of halogens is 4. The van der Waals surface area contributed by atoms with E-state index in [1.807, 2.05) is 5.32 Å². The number of rotatable bonds is 8. The van der Waals surface area contributed by atoms with Crippen LogP contribution in [-0.2, 0) is 0 Å². The summed E-state index contributed by atoms with van der Waals surface area (Å²) in [5.74, 6) is -2.42. The van der Waals surface area contributed by atoms with Gasteiger partial charge in [-0.1, -0.05) is 18.2 Å². The number of hydrogen-bond acceptors (Lipinski definition) is 5. The van der Waals surface area contributed by atoms with Gasteiger partial charge in [-0.25, -0.2) is 9.07 Å². The molecular weight excluding hydrogens is 470 g/mol. The monoisotopic (exact) mass is 493 g/mol. The summed E-state index contributed by atoms with van der Waals surface area (Å²) in [5, 5.41) is 16.4. The summed E-state index contributed by atoms with van der Waals surface area (Å²) < 4.78 is 55.8. The Bertz CT molecular complexity index is 1180. The van der Waals surface area contributed by atoms with E-state index in [2.05, 4.69) is 5.10 Å². The molecule has 4 N–H and O–H groups in total. The lowest BCUT2D eigenvalue weighted by Gasteiger charge is -2.35. The Hall–Kier alpha value is -3.93. The van der Waals surface area contributed by atoms with Crippen LogP contribution in [0, 0.1) is 5.82 Å². The summed E-state index contributed by atoms with van der Waals surface area (Å²) >= 11 is 0. The highest BCUT2D eigenvalue weighted by atomic mass is 19.4. The first kappa shape index (κ1) is 25.7. The summed E-state index contributed by atoms with van der Waals surface area (Å²) in [6.07, 6.45) is -4.13. The number of nitrogens with zero attached hydrogens (tertiary/aromatic N) is 3. The number of carbonyl (C=O) groups is 2. The van der Waals surface area contributed by atoms with E-state index in [1.165, 1.54) is 31.2 Å². The Balaban J connectivity index is 1.77. The Labute approximate surface area is 198 Å². The minimum atomic E-state index is -5.17. The molecule has 0 saturated heterocycles. The van der Waals surface area contributed by atoms with E-state index in [4.69, 9.17) is 5.73 Å². The lowest BCUT2D eigenvalue weighted by Crippen LogP contribution is -2.60. The Morgan fingerprint density at radius 1 is 1.11 bits per heavy atom. The largest absolute Gasteiger partial charge is 0.420 e. The first-order valence-corrected chi connectivity index (χ1v) is 10.5. The maximum atomic E-state index is 13.8. The zero-order valence-electron chi connectivity index (χ0n) is 18.6. The molecule has 2 aromatic carbocycles. The second-order valence-electron chi connectivity index (χ2n) is 7.73. The molecule has 12 heteroatoms. The van der Waals surface area contributed by atoms with Gasteiger partial charge in [0.1, 0.15) is 17.2 Å². The number of hydrogen-bond donors (Lipinski definition) is 3. The van der Waals surface area contributed by atoms with Crippen molar-refractivity contribution in [3.05, 3.63) is 77.7 Å². The van der Waals surface area contributed by atoms with E-state index >= 15 is 0 Å². The van der Waals surface area contributed by atoms with Crippen LogP contribution in [0.2, 0.25) is 0 Å². The van der Waals surface area contributed by atoms with E-state index in [-0.39, 0.29) is 23.5 Å². The minimum Gasteiger partial charge on any atom is -0.383 e. The number of nitrogens with one attached hydrogen (secondary N) is 1. The minimum absolute atomic E-state index is 0.114. The normalized spacial score (nSPS) is 13.2. The number of carbonyl (C=O) groups excluding carboxylic acids is 2. The maximum Gasteiger partial charge on any atom is 0.420 e. The van der Waals surface area contributed by atoms with Crippen molar-refractivity contribution in [3.63, 3.8) is 0 Å². The van der Waals surface area contributed by atoms with Crippen LogP contribution < -0.4 is 11.1 Å². The first-order chi connectivity index (χ1) is 16.5. The summed E-state index contributed by atoms with van der Waals surface area (Å²) in [5.41, 5.74) is 2.71. The van der Waals surface area contributed by atoms with Gasteiger partial charge in [-0.3, -0.25) is 9.59 Å². The predicted octanol–water partition coefficient (Wildman–Crippen LogP) is 2.78. The molecular formula is C23H23F4N5O3. The number of nitrogens with two attached hydrogens (primary N) is 1. The number of benzene rings is 2. The van der Waals surface area contributed by atoms with Gasteiger partial charge in [0, 0.05) is 12.1 Å². The van der Waals surface area contributed by atoms with Crippen LogP contribution in [0.15, 0.2) is 60.8 Å². The molecule has 3 aromatic rings. The molecule has 8 nitrogen and oxygen atoms in total. The highest BCUT2D eigenvalue weighted by Crippen LogP contribution is 2.31. The van der Waals surface area contributed by atoms with E-state index in [0.717, 1.165) is 27.9 Å². The van der Waals surface area contributed by atoms with Crippen LogP contribution >= 0.6 is 0 Å². The molecule has 0 spiro atoms. The van der Waals surface area contributed by atoms with Crippen molar-refractivity contribution in [2.24, 2.45) is 0 Å². The van der Waals surface area contributed by atoms with Crippen LogP contribution in [0.1, 0.15) is 27.6 Å². The van der Waals surface area contributed by atoms with Crippen LogP contribution in [0.3, 0.4) is 0 Å². The number of aliphatic hydroxyl groups is 1. The van der Waals surface area contributed by atoms with Gasteiger partial charge in [-0.05, 0) is 43.3 Å². The number of likely N-dealkylation sites (N-methyl/N-ethyl adjacent to an activating group) is 1. The quantitative estimate of drug-likeness (QED) is 0.418. The molecule has 1 unspecified atom stereocenters. The fraction of sp³-hybridized carbons (Fsp3) is 0.261. The SMILES string of the molecule is CCN(CC(O)(CNC(=O)c1cnn(-c2ccc(F)cc2)c1N)C(F)(F)F)C(=O)c1ccccc1. The number of nitrogen functional groups attached to an aromatic ring is 1. The third-order valence-corrected chi connectivity index (χ3v) is 5.33. The van der Waals surface area contributed by atoms with Crippen LogP contribution in [-0.4, -0.2) is 63.0 Å². The van der Waals surface area contributed by atoms with Crippen molar-refractivity contribution < 1.29 is 32.3 Å². The molecule has 0 saturated carbocycles. The van der Waals surface area contributed by atoms with Gasteiger partial charge in [0.15, 0.2) is 5.60 Å². The Morgan fingerprint density at radius 2 is 1.74 bits per heavy atom. The predicted molar refractivity (Wildman–Crippen MR) is 119 cm³/mol. The number of alkyl halides is 3. The topological polar surface area (TPSA) is 113 Å². The van der Waals surface area contributed by atoms with E-state index in [1.54, 1.807) is 18.2 Å². The van der Waals surface area contributed by atoms with Gasteiger partial charge in [-0.2, -0.15) is 18.3 Å². The highest BCUT2D eigenvalue weighted by Gasteiger charge is 2.55. The third-order valence-electron chi connectivity index (χ3n) is 5.33. The number of amides is 2. The fourth-order valence-corrected chi connectivity index (χ4v) is 3.29. The van der Waals surface area contributed by atoms with Crippen molar-refractivity contribution in [3.8, 4) is 5.69 Å². The van der Waals surface area contributed by atoms with Crippen molar-refractivity contribution in [2.45, 2.75) is 18.7 Å². The smallest absolute Gasteiger partial charge is 0.383 e. The average molecular weight is 493 g/mol. The van der Waals surface area contributed by atoms with Crippen molar-refractivity contribution in [2.75, 3.05) is 25.4 Å². The van der Waals surface area contributed by atoms with Crippen molar-refractivity contribution in [1.29, 1.82) is 0 Å². The molecule has 0 aliphatic carbocycles. The lowest BCUT2D eigenvalue weighted by molar-refractivity contribution is -0.259. The van der Waals surface area contributed by atoms with Gasteiger partial charge >= 0.3 is 6.18 Å². The Kier molecular flexibility index (Phi) is 7.44. The third kappa shape index (κ3) is 5.60. The van der Waals surface area contributed by atoms with Gasteiger partial charge in [0.2, 0.25) is 0 Å².